The summed E-state index contributed by atoms with van der Waals surface area (Å²) in [6.45, 7) is 3.63. The maximum atomic E-state index is 12.9. The van der Waals surface area contributed by atoms with E-state index in [2.05, 4.69) is 5.32 Å². The third-order valence-electron chi connectivity index (χ3n) is 4.22. The Labute approximate surface area is 122 Å². The monoisotopic (exact) mass is 306 g/mol. The highest BCUT2D eigenvalue weighted by molar-refractivity contribution is 6.00. The van der Waals surface area contributed by atoms with Crippen LogP contribution in [-0.4, -0.2) is 41.0 Å². The number of nitrogens with zero attached hydrogens (tertiary/aromatic N) is 1. The van der Waals surface area contributed by atoms with E-state index >= 15 is 0 Å². The first kappa shape index (κ1) is 16.1. The minimum absolute atomic E-state index is 0.419. The minimum Gasteiger partial charge on any atom is -0.340 e. The molecule has 1 heterocycles. The molecule has 1 aliphatic carbocycles. The summed E-state index contributed by atoms with van der Waals surface area (Å²) >= 11 is 0. The summed E-state index contributed by atoms with van der Waals surface area (Å²) in [5, 5.41) is 2.72. The lowest BCUT2D eigenvalue weighted by Crippen LogP contribution is -2.72. The molecule has 0 aromatic rings. The smallest absolute Gasteiger partial charge is 0.340 e. The predicted octanol–water partition coefficient (Wildman–Crippen LogP) is 2.23. The molecule has 1 unspecified atom stereocenters. The van der Waals surface area contributed by atoms with Crippen molar-refractivity contribution in [2.45, 2.75) is 64.2 Å². The average Bonchev–Trinajstić information content (AvgIpc) is 2.71. The third-order valence-corrected chi connectivity index (χ3v) is 4.22. The fourth-order valence-electron chi connectivity index (χ4n) is 3.43. The van der Waals surface area contributed by atoms with Gasteiger partial charge in [-0.2, -0.15) is 13.2 Å². The van der Waals surface area contributed by atoms with Crippen molar-refractivity contribution in [3.05, 3.63) is 0 Å². The Morgan fingerprint density at radius 3 is 2.14 bits per heavy atom. The Bertz CT molecular complexity index is 448. The van der Waals surface area contributed by atoms with Gasteiger partial charge < -0.3 is 10.2 Å². The van der Waals surface area contributed by atoms with Crippen LogP contribution in [0.5, 0.6) is 0 Å². The SMILES string of the molecule is CC(C)(C)C1C(=O)NC2(CCCC2)C(=O)N1CC(F)(F)F. The highest BCUT2D eigenvalue weighted by atomic mass is 19.4. The van der Waals surface area contributed by atoms with Crippen LogP contribution in [0.3, 0.4) is 0 Å². The fraction of sp³-hybridized carbons (Fsp3) is 0.857. The van der Waals surface area contributed by atoms with Crippen molar-refractivity contribution < 1.29 is 22.8 Å². The Morgan fingerprint density at radius 1 is 1.19 bits per heavy atom. The summed E-state index contributed by atoms with van der Waals surface area (Å²) in [5.41, 5.74) is -1.88. The first-order chi connectivity index (χ1) is 9.46. The molecule has 120 valence electrons. The van der Waals surface area contributed by atoms with Gasteiger partial charge >= 0.3 is 6.18 Å². The molecule has 0 aromatic carbocycles. The van der Waals surface area contributed by atoms with Gasteiger partial charge in [0.05, 0.1) is 0 Å². The quantitative estimate of drug-likeness (QED) is 0.807. The van der Waals surface area contributed by atoms with E-state index in [1.807, 2.05) is 0 Å². The summed E-state index contributed by atoms with van der Waals surface area (Å²) in [6, 6.07) is -1.10. The zero-order chi connectivity index (χ0) is 16.1. The molecule has 1 atom stereocenters. The second kappa shape index (κ2) is 4.88. The van der Waals surface area contributed by atoms with E-state index in [9.17, 15) is 22.8 Å². The molecular weight excluding hydrogens is 285 g/mol. The van der Waals surface area contributed by atoms with Crippen molar-refractivity contribution >= 4 is 11.8 Å². The van der Waals surface area contributed by atoms with Gasteiger partial charge in [-0.25, -0.2) is 0 Å². The molecule has 21 heavy (non-hydrogen) atoms. The number of carbonyl (C=O) groups excluding carboxylic acids is 2. The highest BCUT2D eigenvalue weighted by Crippen LogP contribution is 2.39. The van der Waals surface area contributed by atoms with Crippen molar-refractivity contribution in [3.8, 4) is 0 Å². The van der Waals surface area contributed by atoms with Gasteiger partial charge in [0.2, 0.25) is 11.8 Å². The van der Waals surface area contributed by atoms with Gasteiger partial charge in [0, 0.05) is 0 Å². The Morgan fingerprint density at radius 2 is 1.71 bits per heavy atom. The van der Waals surface area contributed by atoms with Crippen molar-refractivity contribution in [2.24, 2.45) is 5.41 Å². The van der Waals surface area contributed by atoms with E-state index in [0.29, 0.717) is 12.8 Å². The van der Waals surface area contributed by atoms with E-state index in [-0.39, 0.29) is 0 Å². The first-order valence-electron chi connectivity index (χ1n) is 7.16. The van der Waals surface area contributed by atoms with Crippen molar-refractivity contribution in [3.63, 3.8) is 0 Å². The first-order valence-corrected chi connectivity index (χ1v) is 7.16. The number of nitrogens with one attached hydrogen (secondary N) is 1. The number of piperazine rings is 1. The second-order valence-corrected chi connectivity index (χ2v) is 7.10. The van der Waals surface area contributed by atoms with E-state index in [4.69, 9.17) is 0 Å². The number of alkyl halides is 3. The molecule has 0 radical (unpaired) electrons. The predicted molar refractivity (Wildman–Crippen MR) is 70.4 cm³/mol. The number of halogens is 3. The summed E-state index contributed by atoms with van der Waals surface area (Å²) in [7, 11) is 0. The maximum absolute atomic E-state index is 12.9. The maximum Gasteiger partial charge on any atom is 0.406 e. The van der Waals surface area contributed by atoms with E-state index in [1.165, 1.54) is 0 Å². The normalized spacial score (nSPS) is 26.4. The van der Waals surface area contributed by atoms with E-state index in [0.717, 1.165) is 17.7 Å². The lowest BCUT2D eigenvalue weighted by atomic mass is 9.80. The number of hydrogen-bond donors (Lipinski definition) is 1. The fourth-order valence-corrected chi connectivity index (χ4v) is 3.43. The van der Waals surface area contributed by atoms with Crippen LogP contribution in [0, 0.1) is 5.41 Å². The van der Waals surface area contributed by atoms with Crippen molar-refractivity contribution in [2.75, 3.05) is 6.54 Å². The summed E-state index contributed by atoms with van der Waals surface area (Å²) in [5.74, 6) is -1.06. The molecule has 7 heteroatoms. The van der Waals surface area contributed by atoms with Gasteiger partial charge in [0.25, 0.3) is 0 Å². The second-order valence-electron chi connectivity index (χ2n) is 7.10. The number of amides is 2. The Hall–Kier alpha value is -1.27. The van der Waals surface area contributed by atoms with Gasteiger partial charge in [-0.05, 0) is 18.3 Å². The Kier molecular flexibility index (Phi) is 3.74. The third kappa shape index (κ3) is 3.01. The van der Waals surface area contributed by atoms with Crippen LogP contribution in [0.4, 0.5) is 13.2 Å². The van der Waals surface area contributed by atoms with Crippen molar-refractivity contribution in [1.29, 1.82) is 0 Å². The van der Waals surface area contributed by atoms with E-state index in [1.54, 1.807) is 20.8 Å². The zero-order valence-corrected chi connectivity index (χ0v) is 12.5. The molecule has 4 nitrogen and oxygen atoms in total. The van der Waals surface area contributed by atoms with Gasteiger partial charge in [-0.1, -0.05) is 33.6 Å². The largest absolute Gasteiger partial charge is 0.406 e. The molecule has 0 aromatic heterocycles. The van der Waals surface area contributed by atoms with Gasteiger partial charge in [-0.15, -0.1) is 0 Å². The number of rotatable bonds is 1. The molecule has 1 saturated carbocycles. The highest BCUT2D eigenvalue weighted by Gasteiger charge is 2.56. The van der Waals surface area contributed by atoms with Crippen LogP contribution in [0.25, 0.3) is 0 Å². The molecule has 1 saturated heterocycles. The molecule has 2 aliphatic rings. The van der Waals surface area contributed by atoms with E-state index < -0.39 is 41.5 Å². The summed E-state index contributed by atoms with van der Waals surface area (Å²) in [4.78, 5) is 25.8. The van der Waals surface area contributed by atoms with Crippen molar-refractivity contribution in [1.82, 2.24) is 10.2 Å². The van der Waals surface area contributed by atoms with Crippen LogP contribution in [0.1, 0.15) is 46.5 Å². The van der Waals surface area contributed by atoms with Crippen LogP contribution in [-0.2, 0) is 9.59 Å². The molecule has 1 N–H and O–H groups in total. The molecule has 1 spiro atoms. The summed E-state index contributed by atoms with van der Waals surface area (Å²) in [6.07, 6.45) is -2.19. The zero-order valence-electron chi connectivity index (χ0n) is 12.5. The molecule has 2 rings (SSSR count). The molecule has 2 fully saturated rings. The standard InChI is InChI=1S/C14H21F3N2O2/c1-12(2,3)9-10(20)18-13(6-4-5-7-13)11(21)19(9)8-14(15,16)17/h9H,4-8H2,1-3H3,(H,18,20). The number of carbonyl (C=O) groups is 2. The Balaban J connectivity index is 2.39. The van der Waals surface area contributed by atoms with Crippen LogP contribution in [0.2, 0.25) is 0 Å². The average molecular weight is 306 g/mol. The topological polar surface area (TPSA) is 49.4 Å². The molecule has 0 bridgehead atoms. The minimum atomic E-state index is -4.52. The molecular formula is C14H21F3N2O2. The van der Waals surface area contributed by atoms with Gasteiger partial charge in [0.1, 0.15) is 18.1 Å². The lowest BCUT2D eigenvalue weighted by molar-refractivity contribution is -0.183. The van der Waals surface area contributed by atoms with Crippen LogP contribution >= 0.6 is 0 Å². The lowest BCUT2D eigenvalue weighted by Gasteiger charge is -2.48. The van der Waals surface area contributed by atoms with Gasteiger partial charge in [0.15, 0.2) is 0 Å². The molecule has 2 amide bonds. The van der Waals surface area contributed by atoms with Crippen LogP contribution < -0.4 is 5.32 Å². The van der Waals surface area contributed by atoms with Crippen LogP contribution in [0.15, 0.2) is 0 Å². The summed E-state index contributed by atoms with van der Waals surface area (Å²) < 4.78 is 38.6. The van der Waals surface area contributed by atoms with Gasteiger partial charge in [-0.3, -0.25) is 9.59 Å². The molecule has 1 aliphatic heterocycles. The number of hydrogen-bond acceptors (Lipinski definition) is 2.